The quantitative estimate of drug-likeness (QED) is 0.343. The van der Waals surface area contributed by atoms with Crippen molar-refractivity contribution >= 4 is 22.4 Å². The van der Waals surface area contributed by atoms with Crippen LogP contribution in [-0.4, -0.2) is 15.0 Å². The molecule has 0 bridgehead atoms. The number of nitrogens with zero attached hydrogens (tertiary/aromatic N) is 3. The summed E-state index contributed by atoms with van der Waals surface area (Å²) in [5.74, 6) is 1.13. The molecule has 0 saturated heterocycles. The molecule has 4 aromatic carbocycles. The zero-order valence-corrected chi connectivity index (χ0v) is 16.2. The number of fused-ring (bicyclic) bond motifs is 1. The monoisotopic (exact) mass is 393 g/mol. The van der Waals surface area contributed by atoms with Crippen molar-refractivity contribution in [3.05, 3.63) is 102 Å². The highest BCUT2D eigenvalue weighted by Gasteiger charge is 2.16. The minimum atomic E-state index is 0.181. The smallest absolute Gasteiger partial charge is 0.208 e. The van der Waals surface area contributed by atoms with Gasteiger partial charge in [0.1, 0.15) is 0 Å². The van der Waals surface area contributed by atoms with Crippen LogP contribution in [0.1, 0.15) is 0 Å². The summed E-state index contributed by atoms with van der Waals surface area (Å²) in [5.41, 5.74) is 4.02. The average Bonchev–Trinajstić information content (AvgIpc) is 2.79. The largest absolute Gasteiger partial charge is 0.226 e. The van der Waals surface area contributed by atoms with Gasteiger partial charge >= 0.3 is 0 Å². The summed E-state index contributed by atoms with van der Waals surface area (Å²) in [4.78, 5) is 13.7. The molecule has 3 nitrogen and oxygen atoms in total. The summed E-state index contributed by atoms with van der Waals surface area (Å²) in [6.45, 7) is 0. The van der Waals surface area contributed by atoms with Gasteiger partial charge in [0.25, 0.3) is 0 Å². The molecule has 0 aliphatic carbocycles. The van der Waals surface area contributed by atoms with Crippen LogP contribution in [0.25, 0.3) is 44.7 Å². The van der Waals surface area contributed by atoms with Crippen LogP contribution in [0.15, 0.2) is 97.1 Å². The van der Waals surface area contributed by atoms with Crippen LogP contribution < -0.4 is 0 Å². The number of aromatic nitrogens is 3. The Kier molecular flexibility index (Phi) is 4.51. The van der Waals surface area contributed by atoms with Crippen molar-refractivity contribution in [3.63, 3.8) is 0 Å². The molecule has 0 saturated carbocycles. The van der Waals surface area contributed by atoms with E-state index in [1.54, 1.807) is 0 Å². The van der Waals surface area contributed by atoms with E-state index in [0.717, 1.165) is 33.0 Å². The second-order valence-corrected chi connectivity index (χ2v) is 7.03. The first-order chi connectivity index (χ1) is 14.3. The molecular weight excluding hydrogens is 378 g/mol. The molecule has 0 N–H and O–H groups in total. The second kappa shape index (κ2) is 7.46. The highest BCUT2D eigenvalue weighted by Crippen LogP contribution is 2.37. The number of benzene rings is 4. The van der Waals surface area contributed by atoms with E-state index in [-0.39, 0.29) is 5.28 Å². The molecule has 0 atom stereocenters. The molecule has 29 heavy (non-hydrogen) atoms. The van der Waals surface area contributed by atoms with Gasteiger partial charge in [-0.25, -0.2) is 4.98 Å². The van der Waals surface area contributed by atoms with Gasteiger partial charge in [0.15, 0.2) is 11.6 Å². The van der Waals surface area contributed by atoms with Crippen LogP contribution in [0.4, 0.5) is 0 Å². The van der Waals surface area contributed by atoms with E-state index in [9.17, 15) is 0 Å². The zero-order chi connectivity index (χ0) is 19.6. The molecule has 0 fully saturated rings. The van der Waals surface area contributed by atoms with Crippen LogP contribution >= 0.6 is 11.6 Å². The Morgan fingerprint density at radius 2 is 1.14 bits per heavy atom. The topological polar surface area (TPSA) is 38.7 Å². The molecule has 4 heteroatoms. The molecule has 0 unspecified atom stereocenters. The first kappa shape index (κ1) is 17.5. The summed E-state index contributed by atoms with van der Waals surface area (Å²) < 4.78 is 0. The summed E-state index contributed by atoms with van der Waals surface area (Å²) >= 11 is 6.34. The van der Waals surface area contributed by atoms with Crippen LogP contribution in [0.5, 0.6) is 0 Å². The zero-order valence-electron chi connectivity index (χ0n) is 15.5. The Labute approximate surface area is 173 Å². The molecule has 0 radical (unpaired) electrons. The Morgan fingerprint density at radius 3 is 1.90 bits per heavy atom. The average molecular weight is 394 g/mol. The van der Waals surface area contributed by atoms with Crippen LogP contribution in [0.3, 0.4) is 0 Å². The first-order valence-corrected chi connectivity index (χ1v) is 9.72. The molecule has 0 amide bonds. The Bertz CT molecular complexity index is 1300. The van der Waals surface area contributed by atoms with Gasteiger partial charge in [0, 0.05) is 11.1 Å². The van der Waals surface area contributed by atoms with E-state index in [4.69, 9.17) is 16.6 Å². The lowest BCUT2D eigenvalue weighted by molar-refractivity contribution is 1.07. The molecule has 0 aliphatic heterocycles. The van der Waals surface area contributed by atoms with Crippen molar-refractivity contribution < 1.29 is 0 Å². The summed E-state index contributed by atoms with van der Waals surface area (Å²) in [6.07, 6.45) is 0. The van der Waals surface area contributed by atoms with Gasteiger partial charge in [-0.15, -0.1) is 0 Å². The number of hydrogen-bond donors (Lipinski definition) is 0. The van der Waals surface area contributed by atoms with Crippen molar-refractivity contribution in [3.8, 4) is 33.9 Å². The molecule has 1 aromatic heterocycles. The third-order valence-electron chi connectivity index (χ3n) is 4.88. The van der Waals surface area contributed by atoms with Gasteiger partial charge in [-0.05, 0) is 33.5 Å². The molecule has 5 aromatic rings. The minimum absolute atomic E-state index is 0.181. The lowest BCUT2D eigenvalue weighted by Crippen LogP contribution is -1.99. The van der Waals surface area contributed by atoms with Gasteiger partial charge in [-0.2, -0.15) is 9.97 Å². The SMILES string of the molecule is Clc1nc(-c2ccccc2)nc(-c2c(-c3ccccc3)ccc3ccccc23)n1. The van der Waals surface area contributed by atoms with Gasteiger partial charge in [0.05, 0.1) is 0 Å². The van der Waals surface area contributed by atoms with E-state index < -0.39 is 0 Å². The predicted octanol–water partition coefficient (Wildman–Crippen LogP) is 6.68. The Balaban J connectivity index is 1.82. The van der Waals surface area contributed by atoms with E-state index in [0.29, 0.717) is 11.6 Å². The molecule has 138 valence electrons. The van der Waals surface area contributed by atoms with Gasteiger partial charge in [-0.3, -0.25) is 0 Å². The summed E-state index contributed by atoms with van der Waals surface area (Å²) in [5, 5.41) is 2.39. The van der Waals surface area contributed by atoms with E-state index in [1.165, 1.54) is 0 Å². The van der Waals surface area contributed by atoms with Crippen LogP contribution in [-0.2, 0) is 0 Å². The van der Waals surface area contributed by atoms with Gasteiger partial charge < -0.3 is 0 Å². The lowest BCUT2D eigenvalue weighted by Gasteiger charge is -2.13. The highest BCUT2D eigenvalue weighted by atomic mass is 35.5. The Morgan fingerprint density at radius 1 is 0.517 bits per heavy atom. The van der Waals surface area contributed by atoms with Crippen molar-refractivity contribution in [1.29, 1.82) is 0 Å². The molecule has 0 aliphatic rings. The van der Waals surface area contributed by atoms with Crippen molar-refractivity contribution in [2.45, 2.75) is 0 Å². The summed E-state index contributed by atoms with van der Waals surface area (Å²) in [6, 6.07) is 32.6. The van der Waals surface area contributed by atoms with Crippen LogP contribution in [0, 0.1) is 0 Å². The van der Waals surface area contributed by atoms with Gasteiger partial charge in [-0.1, -0.05) is 97.1 Å². The van der Waals surface area contributed by atoms with Crippen molar-refractivity contribution in [2.24, 2.45) is 0 Å². The van der Waals surface area contributed by atoms with E-state index in [1.807, 2.05) is 60.7 Å². The fourth-order valence-electron chi connectivity index (χ4n) is 3.55. The minimum Gasteiger partial charge on any atom is -0.208 e. The molecule has 5 rings (SSSR count). The predicted molar refractivity (Wildman–Crippen MR) is 119 cm³/mol. The maximum absolute atomic E-state index is 6.34. The van der Waals surface area contributed by atoms with E-state index >= 15 is 0 Å². The van der Waals surface area contributed by atoms with Crippen molar-refractivity contribution in [2.75, 3.05) is 0 Å². The number of halogens is 1. The first-order valence-electron chi connectivity index (χ1n) is 9.34. The number of hydrogen-bond acceptors (Lipinski definition) is 3. The molecule has 1 heterocycles. The molecule has 0 spiro atoms. The Hall–Kier alpha value is -3.56. The second-order valence-electron chi connectivity index (χ2n) is 6.69. The lowest BCUT2D eigenvalue weighted by atomic mass is 9.93. The van der Waals surface area contributed by atoms with Crippen molar-refractivity contribution in [1.82, 2.24) is 15.0 Å². The number of rotatable bonds is 3. The fraction of sp³-hybridized carbons (Fsp3) is 0. The standard InChI is InChI=1S/C25H16ClN3/c26-25-28-23(19-12-5-2-6-13-19)27-24(29-25)22-20-14-8-7-11-18(20)15-16-21(22)17-9-3-1-4-10-17/h1-16H. The van der Waals surface area contributed by atoms with E-state index in [2.05, 4.69) is 46.4 Å². The molecular formula is C25H16ClN3. The maximum Gasteiger partial charge on any atom is 0.226 e. The van der Waals surface area contributed by atoms with Gasteiger partial charge in [0.2, 0.25) is 5.28 Å². The third-order valence-corrected chi connectivity index (χ3v) is 5.05. The highest BCUT2D eigenvalue weighted by molar-refractivity contribution is 6.28. The normalized spacial score (nSPS) is 10.9. The maximum atomic E-state index is 6.34. The fourth-order valence-corrected chi connectivity index (χ4v) is 3.71. The van der Waals surface area contributed by atoms with Crippen LogP contribution in [0.2, 0.25) is 5.28 Å². The third kappa shape index (κ3) is 3.37. The summed E-state index contributed by atoms with van der Waals surface area (Å²) in [7, 11) is 0.